The van der Waals surface area contributed by atoms with Crippen molar-refractivity contribution in [2.75, 3.05) is 7.11 Å². The Morgan fingerprint density at radius 2 is 1.95 bits per heavy atom. The molecule has 0 spiro atoms. The van der Waals surface area contributed by atoms with Gasteiger partial charge in [0.15, 0.2) is 5.60 Å². The van der Waals surface area contributed by atoms with Crippen molar-refractivity contribution < 1.29 is 14.6 Å². The maximum atomic E-state index is 10.2. The number of hydrogen-bond acceptors (Lipinski definition) is 4. The van der Waals surface area contributed by atoms with Gasteiger partial charge in [0, 0.05) is 12.7 Å². The van der Waals surface area contributed by atoms with Gasteiger partial charge in [0.25, 0.3) is 0 Å². The highest BCUT2D eigenvalue weighted by Crippen LogP contribution is 2.43. The molecule has 1 aliphatic heterocycles. The first-order valence-electron chi connectivity index (χ1n) is 7.55. The van der Waals surface area contributed by atoms with Gasteiger partial charge in [-0.25, -0.2) is 0 Å². The molecule has 5 heteroatoms. The van der Waals surface area contributed by atoms with Gasteiger partial charge in [-0.15, -0.1) is 0 Å². The van der Waals surface area contributed by atoms with Crippen molar-refractivity contribution in [1.82, 2.24) is 5.32 Å². The van der Waals surface area contributed by atoms with Crippen LogP contribution in [0.4, 0.5) is 0 Å². The number of aromatic hydroxyl groups is 1. The van der Waals surface area contributed by atoms with E-state index in [1.165, 1.54) is 0 Å². The molecule has 1 aliphatic rings. The number of benzene rings is 1. The van der Waals surface area contributed by atoms with Crippen LogP contribution in [-0.4, -0.2) is 29.0 Å². The fourth-order valence-corrected chi connectivity index (χ4v) is 3.11. The number of ether oxygens (including phenoxy) is 2. The van der Waals surface area contributed by atoms with Crippen LogP contribution in [0.25, 0.3) is 0 Å². The first-order valence-corrected chi connectivity index (χ1v) is 7.96. The molecule has 0 radical (unpaired) electrons. The maximum absolute atomic E-state index is 10.2. The number of phenols is 1. The van der Waals surface area contributed by atoms with Crippen LogP contribution in [0.2, 0.25) is 0 Å². The van der Waals surface area contributed by atoms with Gasteiger partial charge in [-0.3, -0.25) is 0 Å². The van der Waals surface area contributed by atoms with Crippen LogP contribution in [0.15, 0.2) is 0 Å². The Bertz CT molecular complexity index is 615. The summed E-state index contributed by atoms with van der Waals surface area (Å²) in [5, 5.41) is 13.4. The average molecular weight is 323 g/mol. The normalized spacial score (nSPS) is 21.7. The highest BCUT2D eigenvalue weighted by atomic mass is 32.1. The number of phenolic OH excluding ortho intramolecular Hbond substituents is 1. The summed E-state index contributed by atoms with van der Waals surface area (Å²) in [5.74, 6) is 1.23. The lowest BCUT2D eigenvalue weighted by Gasteiger charge is -2.39. The third kappa shape index (κ3) is 2.79. The molecule has 0 bridgehead atoms. The van der Waals surface area contributed by atoms with E-state index < -0.39 is 5.60 Å². The molecule has 0 aliphatic carbocycles. The molecule has 1 aromatic rings. The van der Waals surface area contributed by atoms with Gasteiger partial charge in [0.2, 0.25) is 0 Å². The van der Waals surface area contributed by atoms with Crippen molar-refractivity contribution in [2.24, 2.45) is 0 Å². The van der Waals surface area contributed by atoms with Crippen LogP contribution in [0.3, 0.4) is 0 Å². The van der Waals surface area contributed by atoms with Gasteiger partial charge < -0.3 is 19.9 Å². The quantitative estimate of drug-likeness (QED) is 0.660. The Morgan fingerprint density at radius 1 is 1.32 bits per heavy atom. The van der Waals surface area contributed by atoms with E-state index in [0.717, 1.165) is 40.8 Å². The number of rotatable bonds is 3. The van der Waals surface area contributed by atoms with Gasteiger partial charge in [0.1, 0.15) is 22.7 Å². The van der Waals surface area contributed by atoms with Crippen LogP contribution in [-0.2, 0) is 11.2 Å². The fraction of sp³-hybridized carbons (Fsp3) is 0.588. The molecular formula is C17H25NO3S. The van der Waals surface area contributed by atoms with E-state index in [1.54, 1.807) is 7.11 Å². The topological polar surface area (TPSA) is 50.7 Å². The minimum Gasteiger partial charge on any atom is -0.507 e. The largest absolute Gasteiger partial charge is 0.507 e. The number of thiocarbonyl (C=S) groups is 1. The standard InChI is InChI=1S/C17H25NO3S/c1-9-10(2)15-13(11(3)14(9)19)7-8-17(5,21-15)16(22)18-12(4)20-6/h12,19H,7-8H2,1-6H3,(H,18,22). The second kappa shape index (κ2) is 6.05. The summed E-state index contributed by atoms with van der Waals surface area (Å²) >= 11 is 5.53. The van der Waals surface area contributed by atoms with Crippen molar-refractivity contribution in [3.8, 4) is 11.5 Å². The Morgan fingerprint density at radius 3 is 2.55 bits per heavy atom. The fourth-order valence-electron chi connectivity index (χ4n) is 2.80. The summed E-state index contributed by atoms with van der Waals surface area (Å²) in [6.45, 7) is 9.75. The second-order valence-corrected chi connectivity index (χ2v) is 6.62. The Labute approximate surface area is 137 Å². The Balaban J connectivity index is 2.37. The summed E-state index contributed by atoms with van der Waals surface area (Å²) in [7, 11) is 1.64. The summed E-state index contributed by atoms with van der Waals surface area (Å²) < 4.78 is 11.5. The number of methoxy groups -OCH3 is 1. The van der Waals surface area contributed by atoms with E-state index in [-0.39, 0.29) is 6.23 Å². The summed E-state index contributed by atoms with van der Waals surface area (Å²) in [4.78, 5) is 0.648. The molecule has 1 heterocycles. The molecule has 0 aromatic heterocycles. The van der Waals surface area contributed by atoms with E-state index in [4.69, 9.17) is 21.7 Å². The number of fused-ring (bicyclic) bond motifs is 1. The molecule has 0 amide bonds. The second-order valence-electron chi connectivity index (χ2n) is 6.22. The third-order valence-electron chi connectivity index (χ3n) is 4.69. The summed E-state index contributed by atoms with van der Waals surface area (Å²) in [5.41, 5.74) is 3.27. The smallest absolute Gasteiger partial charge is 0.156 e. The predicted molar refractivity (Wildman–Crippen MR) is 91.9 cm³/mol. The maximum Gasteiger partial charge on any atom is 0.156 e. The van der Waals surface area contributed by atoms with E-state index in [2.05, 4.69) is 5.32 Å². The van der Waals surface area contributed by atoms with Gasteiger partial charge >= 0.3 is 0 Å². The lowest BCUT2D eigenvalue weighted by Crippen LogP contribution is -2.52. The molecule has 2 N–H and O–H groups in total. The zero-order chi connectivity index (χ0) is 16.7. The molecular weight excluding hydrogens is 298 g/mol. The molecule has 122 valence electrons. The molecule has 22 heavy (non-hydrogen) atoms. The summed E-state index contributed by atoms with van der Waals surface area (Å²) in [6.07, 6.45) is 1.44. The van der Waals surface area contributed by atoms with Gasteiger partial charge in [-0.1, -0.05) is 12.2 Å². The monoisotopic (exact) mass is 323 g/mol. The van der Waals surface area contributed by atoms with Gasteiger partial charge in [0.05, 0.1) is 0 Å². The highest BCUT2D eigenvalue weighted by molar-refractivity contribution is 7.80. The molecule has 1 aromatic carbocycles. The lowest BCUT2D eigenvalue weighted by molar-refractivity contribution is 0.0911. The van der Waals surface area contributed by atoms with Crippen molar-refractivity contribution in [3.63, 3.8) is 0 Å². The van der Waals surface area contributed by atoms with Crippen LogP contribution in [0.1, 0.15) is 42.5 Å². The molecule has 4 nitrogen and oxygen atoms in total. The van der Waals surface area contributed by atoms with Crippen LogP contribution in [0.5, 0.6) is 11.5 Å². The molecule has 2 unspecified atom stereocenters. The van der Waals surface area contributed by atoms with Gasteiger partial charge in [-0.2, -0.15) is 0 Å². The highest BCUT2D eigenvalue weighted by Gasteiger charge is 2.38. The predicted octanol–water partition coefficient (Wildman–Crippen LogP) is 3.31. The van der Waals surface area contributed by atoms with E-state index >= 15 is 0 Å². The lowest BCUT2D eigenvalue weighted by atomic mass is 9.87. The van der Waals surface area contributed by atoms with Crippen LogP contribution < -0.4 is 10.1 Å². The minimum absolute atomic E-state index is 0.154. The molecule has 0 saturated heterocycles. The zero-order valence-electron chi connectivity index (χ0n) is 14.2. The Hall–Kier alpha value is -1.33. The Kier molecular flexibility index (Phi) is 4.68. The first kappa shape index (κ1) is 17.0. The van der Waals surface area contributed by atoms with Gasteiger partial charge in [-0.05, 0) is 64.2 Å². The van der Waals surface area contributed by atoms with Crippen molar-refractivity contribution in [2.45, 2.75) is 59.3 Å². The number of hydrogen-bond donors (Lipinski definition) is 2. The molecule has 0 saturated carbocycles. The van der Waals surface area contributed by atoms with E-state index in [1.807, 2.05) is 34.6 Å². The zero-order valence-corrected chi connectivity index (χ0v) is 15.0. The third-order valence-corrected chi connectivity index (χ3v) is 5.24. The van der Waals surface area contributed by atoms with Crippen LogP contribution >= 0.6 is 12.2 Å². The first-order chi connectivity index (χ1) is 10.2. The molecule has 0 fully saturated rings. The molecule has 2 rings (SSSR count). The van der Waals surface area contributed by atoms with Crippen molar-refractivity contribution in [3.05, 3.63) is 22.3 Å². The van der Waals surface area contributed by atoms with Crippen LogP contribution in [0, 0.1) is 20.8 Å². The average Bonchev–Trinajstić information content (AvgIpc) is 2.50. The summed E-state index contributed by atoms with van der Waals surface area (Å²) in [6, 6.07) is 0. The van der Waals surface area contributed by atoms with Crippen molar-refractivity contribution >= 4 is 17.2 Å². The van der Waals surface area contributed by atoms with E-state index in [9.17, 15) is 5.11 Å². The number of nitrogens with one attached hydrogen (secondary N) is 1. The minimum atomic E-state index is -0.560. The molecule has 2 atom stereocenters. The van der Waals surface area contributed by atoms with Crippen molar-refractivity contribution in [1.29, 1.82) is 0 Å². The SMILES string of the molecule is COC(C)NC(=S)C1(C)CCc2c(C)c(O)c(C)c(C)c2O1. The van der Waals surface area contributed by atoms with E-state index in [0.29, 0.717) is 10.7 Å².